The summed E-state index contributed by atoms with van der Waals surface area (Å²) in [6.07, 6.45) is 1.12. The number of fused-ring (bicyclic) bond motifs is 1. The van der Waals surface area contributed by atoms with Gasteiger partial charge in [-0.15, -0.1) is 0 Å². The van der Waals surface area contributed by atoms with Crippen molar-refractivity contribution in [1.82, 2.24) is 9.97 Å². The third kappa shape index (κ3) is 2.02. The molecule has 0 saturated carbocycles. The van der Waals surface area contributed by atoms with Gasteiger partial charge in [-0.3, -0.25) is 0 Å². The molecular weight excluding hydrogens is 171 g/mol. The molecule has 0 aliphatic rings. The van der Waals surface area contributed by atoms with Gasteiger partial charge in [0.15, 0.2) is 17.1 Å². The highest BCUT2D eigenvalue weighted by Crippen LogP contribution is 2.12. The molecule has 2 aromatic rings. The largest absolute Gasteiger partial charge is 0.439 e. The number of nitrogens with zero attached hydrogens (tertiary/aromatic N) is 2. The number of hydrogen-bond donors (Lipinski definition) is 0. The molecule has 2 rings (SSSR count). The Labute approximate surface area is 75.6 Å². The second-order valence-electron chi connectivity index (χ2n) is 2.21. The van der Waals surface area contributed by atoms with Crippen molar-refractivity contribution in [3.05, 3.63) is 24.0 Å². The van der Waals surface area contributed by atoms with E-state index in [2.05, 4.69) is 9.97 Å². The minimum atomic E-state index is -0.409. The van der Waals surface area contributed by atoms with Crippen LogP contribution in [0.3, 0.4) is 0 Å². The zero-order valence-corrected chi connectivity index (χ0v) is 7.84. The Morgan fingerprint density at radius 2 is 2.08 bits per heavy atom. The Morgan fingerprint density at radius 3 is 2.77 bits per heavy atom. The second kappa shape index (κ2) is 3.98. The summed E-state index contributed by atoms with van der Waals surface area (Å²) in [6, 6.07) is 1.27. The summed E-state index contributed by atoms with van der Waals surface area (Å²) in [5, 5.41) is 0. The van der Waals surface area contributed by atoms with Gasteiger partial charge in [0.25, 0.3) is 0 Å². The lowest BCUT2D eigenvalue weighted by Gasteiger charge is -1.83. The predicted molar refractivity (Wildman–Crippen MR) is 47.8 cm³/mol. The molecule has 0 aromatic carbocycles. The number of hydrogen-bond acceptors (Lipinski definition) is 3. The molecule has 0 N–H and O–H groups in total. The van der Waals surface area contributed by atoms with Crippen LogP contribution in [0.5, 0.6) is 0 Å². The molecule has 0 saturated heterocycles. The van der Waals surface area contributed by atoms with E-state index in [-0.39, 0.29) is 0 Å². The maximum Gasteiger partial charge on any atom is 0.198 e. The van der Waals surface area contributed by atoms with E-state index in [1.807, 2.05) is 13.8 Å². The summed E-state index contributed by atoms with van der Waals surface area (Å²) >= 11 is 0. The zero-order chi connectivity index (χ0) is 9.84. The molecule has 4 heteroatoms. The van der Waals surface area contributed by atoms with E-state index in [1.165, 1.54) is 6.07 Å². The maximum atomic E-state index is 12.5. The van der Waals surface area contributed by atoms with Crippen LogP contribution in [0.2, 0.25) is 0 Å². The number of rotatable bonds is 0. The average Bonchev–Trinajstić information content (AvgIpc) is 2.48. The Bertz CT molecular complexity index is 397. The van der Waals surface area contributed by atoms with Crippen molar-refractivity contribution < 1.29 is 8.81 Å². The topological polar surface area (TPSA) is 38.9 Å². The maximum absolute atomic E-state index is 12.5. The van der Waals surface area contributed by atoms with Crippen molar-refractivity contribution in [3.63, 3.8) is 0 Å². The SMILES string of the molecule is CC.Cc1nc2ncc(F)cc2o1. The first-order valence-electron chi connectivity index (χ1n) is 4.14. The van der Waals surface area contributed by atoms with Crippen LogP contribution in [-0.2, 0) is 0 Å². The Kier molecular flexibility index (Phi) is 2.95. The number of halogens is 1. The molecule has 0 aliphatic carbocycles. The highest BCUT2D eigenvalue weighted by molar-refractivity contribution is 5.66. The molecule has 0 radical (unpaired) electrons. The molecule has 0 fully saturated rings. The standard InChI is InChI=1S/C7H5FN2O.C2H6/c1-4-10-7-6(11-4)2-5(8)3-9-7;1-2/h2-3H,1H3;1-2H3. The zero-order valence-electron chi connectivity index (χ0n) is 7.84. The summed E-state index contributed by atoms with van der Waals surface area (Å²) in [5.74, 6) is 0.0896. The van der Waals surface area contributed by atoms with Gasteiger partial charge in [0.1, 0.15) is 5.82 Å². The molecule has 0 aliphatic heterocycles. The summed E-state index contributed by atoms with van der Waals surface area (Å²) in [4.78, 5) is 7.63. The van der Waals surface area contributed by atoms with E-state index >= 15 is 0 Å². The first-order chi connectivity index (χ1) is 6.25. The highest BCUT2D eigenvalue weighted by Gasteiger charge is 2.02. The molecular formula is C9H11FN2O. The van der Waals surface area contributed by atoms with Gasteiger partial charge < -0.3 is 4.42 Å². The monoisotopic (exact) mass is 182 g/mol. The van der Waals surface area contributed by atoms with Crippen molar-refractivity contribution in [3.8, 4) is 0 Å². The van der Waals surface area contributed by atoms with Crippen LogP contribution < -0.4 is 0 Å². The lowest BCUT2D eigenvalue weighted by atomic mass is 10.4. The lowest BCUT2D eigenvalue weighted by molar-refractivity contribution is 0.555. The van der Waals surface area contributed by atoms with Crippen molar-refractivity contribution in [1.29, 1.82) is 0 Å². The average molecular weight is 182 g/mol. The summed E-state index contributed by atoms with van der Waals surface area (Å²) in [7, 11) is 0. The third-order valence-electron chi connectivity index (χ3n) is 1.32. The van der Waals surface area contributed by atoms with Crippen LogP contribution in [0.15, 0.2) is 16.7 Å². The smallest absolute Gasteiger partial charge is 0.198 e. The molecule has 0 amide bonds. The normalized spacial score (nSPS) is 9.54. The van der Waals surface area contributed by atoms with Crippen LogP contribution in [0.4, 0.5) is 4.39 Å². The Morgan fingerprint density at radius 1 is 1.38 bits per heavy atom. The quantitative estimate of drug-likeness (QED) is 0.628. The Balaban J connectivity index is 0.000000396. The summed E-state index contributed by atoms with van der Waals surface area (Å²) < 4.78 is 17.5. The molecule has 0 bridgehead atoms. The van der Waals surface area contributed by atoms with Crippen molar-refractivity contribution >= 4 is 11.2 Å². The van der Waals surface area contributed by atoms with Crippen molar-refractivity contribution in [2.45, 2.75) is 20.8 Å². The van der Waals surface area contributed by atoms with Gasteiger partial charge in [0.2, 0.25) is 0 Å². The van der Waals surface area contributed by atoms with Gasteiger partial charge in [-0.2, -0.15) is 4.98 Å². The summed E-state index contributed by atoms with van der Waals surface area (Å²) in [6.45, 7) is 5.69. The van der Waals surface area contributed by atoms with Gasteiger partial charge in [0, 0.05) is 13.0 Å². The van der Waals surface area contributed by atoms with E-state index in [4.69, 9.17) is 4.42 Å². The van der Waals surface area contributed by atoms with Gasteiger partial charge in [-0.05, 0) is 0 Å². The minimum absolute atomic E-state index is 0.391. The number of aromatic nitrogens is 2. The van der Waals surface area contributed by atoms with Gasteiger partial charge >= 0.3 is 0 Å². The molecule has 2 aromatic heterocycles. The lowest BCUT2D eigenvalue weighted by Crippen LogP contribution is -1.78. The summed E-state index contributed by atoms with van der Waals surface area (Å²) in [5.41, 5.74) is 0.839. The van der Waals surface area contributed by atoms with Gasteiger partial charge in [0.05, 0.1) is 6.20 Å². The van der Waals surface area contributed by atoms with Gasteiger partial charge in [-0.25, -0.2) is 9.37 Å². The fraction of sp³-hybridized carbons (Fsp3) is 0.333. The molecule has 0 atom stereocenters. The van der Waals surface area contributed by atoms with Crippen LogP contribution >= 0.6 is 0 Å². The van der Waals surface area contributed by atoms with E-state index < -0.39 is 5.82 Å². The van der Waals surface area contributed by atoms with E-state index in [0.29, 0.717) is 17.1 Å². The molecule has 3 nitrogen and oxygen atoms in total. The first-order valence-corrected chi connectivity index (χ1v) is 4.14. The molecule has 13 heavy (non-hydrogen) atoms. The first kappa shape index (κ1) is 9.64. The fourth-order valence-electron chi connectivity index (χ4n) is 0.904. The third-order valence-corrected chi connectivity index (χ3v) is 1.32. The highest BCUT2D eigenvalue weighted by atomic mass is 19.1. The van der Waals surface area contributed by atoms with Crippen molar-refractivity contribution in [2.75, 3.05) is 0 Å². The van der Waals surface area contributed by atoms with Crippen LogP contribution in [-0.4, -0.2) is 9.97 Å². The van der Waals surface area contributed by atoms with E-state index in [1.54, 1.807) is 6.92 Å². The van der Waals surface area contributed by atoms with E-state index in [0.717, 1.165) is 6.20 Å². The van der Waals surface area contributed by atoms with Gasteiger partial charge in [-0.1, -0.05) is 13.8 Å². The predicted octanol–water partition coefficient (Wildman–Crippen LogP) is 2.70. The number of aryl methyl sites for hydroxylation is 1. The van der Waals surface area contributed by atoms with Crippen LogP contribution in [0.1, 0.15) is 19.7 Å². The second-order valence-corrected chi connectivity index (χ2v) is 2.21. The van der Waals surface area contributed by atoms with E-state index in [9.17, 15) is 4.39 Å². The molecule has 0 unspecified atom stereocenters. The van der Waals surface area contributed by atoms with Crippen LogP contribution in [0, 0.1) is 12.7 Å². The molecule has 70 valence electrons. The Hall–Kier alpha value is -1.45. The number of pyridine rings is 1. The minimum Gasteiger partial charge on any atom is -0.439 e. The van der Waals surface area contributed by atoms with Crippen molar-refractivity contribution in [2.24, 2.45) is 0 Å². The number of oxazole rings is 1. The fourth-order valence-corrected chi connectivity index (χ4v) is 0.904. The molecule has 0 spiro atoms. The van der Waals surface area contributed by atoms with Crippen LogP contribution in [0.25, 0.3) is 11.2 Å². The molecule has 2 heterocycles.